The number of hydrogen-bond donors (Lipinski definition) is 0. The van der Waals surface area contributed by atoms with Gasteiger partial charge in [0, 0.05) is 5.75 Å². The summed E-state index contributed by atoms with van der Waals surface area (Å²) in [6.45, 7) is 12.4. The first-order valence-corrected chi connectivity index (χ1v) is 9.59. The van der Waals surface area contributed by atoms with Crippen molar-refractivity contribution < 1.29 is 17.5 Å². The van der Waals surface area contributed by atoms with Gasteiger partial charge in [-0.3, -0.25) is 0 Å². The third kappa shape index (κ3) is 15.9. The molecule has 0 saturated carbocycles. The SMILES string of the molecule is CCCC[N+](C)(CCCC)CCCC.CCS(=O)(=O)[O-]. The molecular formula is C15H35NO3S. The Labute approximate surface area is 126 Å². The Morgan fingerprint density at radius 2 is 1.05 bits per heavy atom. The third-order valence-electron chi connectivity index (χ3n) is 3.51. The van der Waals surface area contributed by atoms with Crippen LogP contribution in [0.2, 0.25) is 0 Å². The van der Waals surface area contributed by atoms with Crippen molar-refractivity contribution in [2.45, 2.75) is 66.2 Å². The molecule has 20 heavy (non-hydrogen) atoms. The molecule has 0 radical (unpaired) electrons. The second-order valence-corrected chi connectivity index (χ2v) is 7.39. The Hall–Kier alpha value is -0.130. The highest BCUT2D eigenvalue weighted by atomic mass is 32.2. The van der Waals surface area contributed by atoms with E-state index < -0.39 is 10.1 Å². The van der Waals surface area contributed by atoms with Crippen LogP contribution in [0.4, 0.5) is 0 Å². The minimum atomic E-state index is -3.91. The van der Waals surface area contributed by atoms with Gasteiger partial charge in [0.1, 0.15) is 0 Å². The molecule has 0 aliphatic heterocycles. The Balaban J connectivity index is 0. The molecule has 0 N–H and O–H groups in total. The highest BCUT2D eigenvalue weighted by Crippen LogP contribution is 2.10. The van der Waals surface area contributed by atoms with Crippen LogP contribution in [-0.4, -0.2) is 49.9 Å². The minimum Gasteiger partial charge on any atom is -0.748 e. The maximum absolute atomic E-state index is 9.44. The Bertz CT molecular complexity index is 280. The normalized spacial score (nSPS) is 11.9. The van der Waals surface area contributed by atoms with Crippen molar-refractivity contribution in [2.24, 2.45) is 0 Å². The van der Waals surface area contributed by atoms with Crippen LogP contribution in [0.1, 0.15) is 66.2 Å². The number of nitrogens with zero attached hydrogens (tertiary/aromatic N) is 1. The second-order valence-electron chi connectivity index (χ2n) is 5.70. The largest absolute Gasteiger partial charge is 0.748 e. The number of rotatable bonds is 10. The molecule has 124 valence electrons. The monoisotopic (exact) mass is 309 g/mol. The topological polar surface area (TPSA) is 57.2 Å². The van der Waals surface area contributed by atoms with Crippen LogP contribution in [0.3, 0.4) is 0 Å². The Morgan fingerprint density at radius 3 is 1.20 bits per heavy atom. The lowest BCUT2D eigenvalue weighted by Crippen LogP contribution is -2.46. The fourth-order valence-corrected chi connectivity index (χ4v) is 1.95. The summed E-state index contributed by atoms with van der Waals surface area (Å²) >= 11 is 0. The zero-order chi connectivity index (χ0) is 16.1. The first-order chi connectivity index (χ1) is 9.24. The molecule has 0 atom stereocenters. The van der Waals surface area contributed by atoms with Gasteiger partial charge in [-0.05, 0) is 19.3 Å². The predicted octanol–water partition coefficient (Wildman–Crippen LogP) is 3.38. The second kappa shape index (κ2) is 12.6. The summed E-state index contributed by atoms with van der Waals surface area (Å²) in [5.41, 5.74) is 0. The molecule has 0 amide bonds. The van der Waals surface area contributed by atoms with E-state index in [-0.39, 0.29) is 5.75 Å². The number of hydrogen-bond acceptors (Lipinski definition) is 3. The summed E-state index contributed by atoms with van der Waals surface area (Å²) in [6.07, 6.45) is 8.20. The summed E-state index contributed by atoms with van der Waals surface area (Å²) in [4.78, 5) is 0. The lowest BCUT2D eigenvalue weighted by Gasteiger charge is -2.34. The lowest BCUT2D eigenvalue weighted by molar-refractivity contribution is -0.910. The van der Waals surface area contributed by atoms with E-state index in [1.807, 2.05) is 0 Å². The van der Waals surface area contributed by atoms with Crippen molar-refractivity contribution in [3.63, 3.8) is 0 Å². The van der Waals surface area contributed by atoms with Gasteiger partial charge in [0.2, 0.25) is 0 Å². The van der Waals surface area contributed by atoms with Crippen molar-refractivity contribution in [1.29, 1.82) is 0 Å². The fourth-order valence-electron chi connectivity index (χ4n) is 1.95. The van der Waals surface area contributed by atoms with Crippen LogP contribution < -0.4 is 0 Å². The standard InChI is InChI=1S/C13H30N.C2H6O3S/c1-5-8-11-14(4,12-9-6-2)13-10-7-3;1-2-6(3,4)5/h5-13H2,1-4H3;2H2,1H3,(H,3,4,5)/q+1;/p-1. The maximum atomic E-state index is 9.44. The first-order valence-electron chi connectivity index (χ1n) is 8.01. The van der Waals surface area contributed by atoms with E-state index in [4.69, 9.17) is 0 Å². The average Bonchev–Trinajstić information content (AvgIpc) is 2.41. The fraction of sp³-hybridized carbons (Fsp3) is 1.00. The van der Waals surface area contributed by atoms with Crippen LogP contribution in [0.5, 0.6) is 0 Å². The highest BCUT2D eigenvalue weighted by molar-refractivity contribution is 7.85. The van der Waals surface area contributed by atoms with E-state index in [1.165, 1.54) is 69.6 Å². The molecule has 5 heteroatoms. The molecule has 0 aromatic rings. The van der Waals surface area contributed by atoms with Gasteiger partial charge in [0.15, 0.2) is 0 Å². The van der Waals surface area contributed by atoms with Gasteiger partial charge in [-0.2, -0.15) is 0 Å². The molecule has 0 bridgehead atoms. The molecule has 0 aromatic heterocycles. The molecule has 0 aromatic carbocycles. The van der Waals surface area contributed by atoms with Crippen molar-refractivity contribution in [3.8, 4) is 0 Å². The third-order valence-corrected chi connectivity index (χ3v) is 4.22. The van der Waals surface area contributed by atoms with Crippen LogP contribution >= 0.6 is 0 Å². The predicted molar refractivity (Wildman–Crippen MR) is 85.7 cm³/mol. The Kier molecular flexibility index (Phi) is 14.0. The van der Waals surface area contributed by atoms with E-state index >= 15 is 0 Å². The van der Waals surface area contributed by atoms with Gasteiger partial charge in [-0.15, -0.1) is 0 Å². The molecule has 0 unspecified atom stereocenters. The van der Waals surface area contributed by atoms with Crippen molar-refractivity contribution in [3.05, 3.63) is 0 Å². The number of unbranched alkanes of at least 4 members (excludes halogenated alkanes) is 3. The molecule has 4 nitrogen and oxygen atoms in total. The maximum Gasteiger partial charge on any atom is 0.0943 e. The van der Waals surface area contributed by atoms with E-state index in [0.29, 0.717) is 0 Å². The summed E-state index contributed by atoms with van der Waals surface area (Å²) < 4.78 is 29.6. The van der Waals surface area contributed by atoms with Crippen molar-refractivity contribution >= 4 is 10.1 Å². The van der Waals surface area contributed by atoms with E-state index in [0.717, 1.165) is 0 Å². The van der Waals surface area contributed by atoms with E-state index in [2.05, 4.69) is 27.8 Å². The lowest BCUT2D eigenvalue weighted by atomic mass is 10.2. The van der Waals surface area contributed by atoms with Gasteiger partial charge in [-0.25, -0.2) is 8.42 Å². The molecule has 0 rings (SSSR count). The molecule has 0 heterocycles. The smallest absolute Gasteiger partial charge is 0.0943 e. The minimum absolute atomic E-state index is 0.312. The molecule has 0 fully saturated rings. The summed E-state index contributed by atoms with van der Waals surface area (Å²) in [5.74, 6) is -0.312. The van der Waals surface area contributed by atoms with Gasteiger partial charge in [-0.1, -0.05) is 47.0 Å². The van der Waals surface area contributed by atoms with Crippen LogP contribution in [-0.2, 0) is 10.1 Å². The Morgan fingerprint density at radius 1 is 0.800 bits per heavy atom. The van der Waals surface area contributed by atoms with E-state index in [9.17, 15) is 13.0 Å². The average molecular weight is 310 g/mol. The summed E-state index contributed by atoms with van der Waals surface area (Å²) in [7, 11) is -1.47. The van der Waals surface area contributed by atoms with Crippen LogP contribution in [0.15, 0.2) is 0 Å². The first kappa shape index (κ1) is 22.2. The molecule has 0 spiro atoms. The van der Waals surface area contributed by atoms with E-state index in [1.54, 1.807) is 0 Å². The van der Waals surface area contributed by atoms with Crippen molar-refractivity contribution in [1.82, 2.24) is 0 Å². The zero-order valence-electron chi connectivity index (χ0n) is 14.2. The van der Waals surface area contributed by atoms with Gasteiger partial charge in [0.25, 0.3) is 0 Å². The molecule has 0 saturated heterocycles. The molecule has 0 aliphatic rings. The quantitative estimate of drug-likeness (QED) is 0.459. The zero-order valence-corrected chi connectivity index (χ0v) is 15.0. The summed E-state index contributed by atoms with van der Waals surface area (Å²) in [5, 5.41) is 0. The van der Waals surface area contributed by atoms with Crippen LogP contribution in [0.25, 0.3) is 0 Å². The van der Waals surface area contributed by atoms with Gasteiger partial charge < -0.3 is 9.04 Å². The molecule has 0 aliphatic carbocycles. The molecular weight excluding hydrogens is 274 g/mol. The summed E-state index contributed by atoms with van der Waals surface area (Å²) in [6, 6.07) is 0. The highest BCUT2D eigenvalue weighted by Gasteiger charge is 2.18. The van der Waals surface area contributed by atoms with Gasteiger partial charge >= 0.3 is 0 Å². The van der Waals surface area contributed by atoms with Crippen molar-refractivity contribution in [2.75, 3.05) is 32.4 Å². The number of quaternary nitrogens is 1. The van der Waals surface area contributed by atoms with Crippen LogP contribution in [0, 0.1) is 0 Å². The van der Waals surface area contributed by atoms with Gasteiger partial charge in [0.05, 0.1) is 36.8 Å².